The zero-order valence-electron chi connectivity index (χ0n) is 10.9. The van der Waals surface area contributed by atoms with Crippen LogP contribution in [0, 0.1) is 5.92 Å². The summed E-state index contributed by atoms with van der Waals surface area (Å²) in [5.74, 6) is -0.294. The van der Waals surface area contributed by atoms with E-state index in [-0.39, 0.29) is 5.92 Å². The topological polar surface area (TPSA) is 64.6 Å². The van der Waals surface area contributed by atoms with Crippen molar-refractivity contribution in [2.24, 2.45) is 5.92 Å². The van der Waals surface area contributed by atoms with Crippen molar-refractivity contribution in [3.05, 3.63) is 0 Å². The molecule has 0 radical (unpaired) electrons. The summed E-state index contributed by atoms with van der Waals surface area (Å²) in [6.45, 7) is 8.08. The molecule has 5 heteroatoms. The third-order valence-corrected chi connectivity index (χ3v) is 2.88. The predicted octanol–water partition coefficient (Wildman–Crippen LogP) is 1.51. The van der Waals surface area contributed by atoms with Crippen LogP contribution in [0.3, 0.4) is 0 Å². The second-order valence-electron chi connectivity index (χ2n) is 5.51. The SMILES string of the molecule is CC(C=O)C1(NC(=O)OC(C)(C)C)CCOC1. The average Bonchev–Trinajstić information content (AvgIpc) is 2.63. The van der Waals surface area contributed by atoms with Crippen molar-refractivity contribution in [3.8, 4) is 0 Å². The van der Waals surface area contributed by atoms with E-state index in [1.165, 1.54) is 0 Å². The van der Waals surface area contributed by atoms with Crippen molar-refractivity contribution in [2.75, 3.05) is 13.2 Å². The number of rotatable bonds is 3. The first-order valence-electron chi connectivity index (χ1n) is 5.83. The molecule has 0 aromatic carbocycles. The van der Waals surface area contributed by atoms with Crippen molar-refractivity contribution in [3.63, 3.8) is 0 Å². The Kier molecular flexibility index (Phi) is 4.14. The molecule has 0 bridgehead atoms. The maximum absolute atomic E-state index is 11.7. The maximum atomic E-state index is 11.7. The molecule has 1 saturated heterocycles. The van der Waals surface area contributed by atoms with Gasteiger partial charge in [-0.05, 0) is 27.2 Å². The molecule has 0 spiro atoms. The van der Waals surface area contributed by atoms with Crippen molar-refractivity contribution < 1.29 is 19.1 Å². The molecule has 1 heterocycles. The van der Waals surface area contributed by atoms with Crippen molar-refractivity contribution >= 4 is 12.4 Å². The molecule has 1 fully saturated rings. The molecule has 17 heavy (non-hydrogen) atoms. The highest BCUT2D eigenvalue weighted by molar-refractivity contribution is 5.70. The lowest BCUT2D eigenvalue weighted by molar-refractivity contribution is -0.112. The van der Waals surface area contributed by atoms with Crippen LogP contribution in [0.25, 0.3) is 0 Å². The smallest absolute Gasteiger partial charge is 0.408 e. The molecule has 2 unspecified atom stereocenters. The highest BCUT2D eigenvalue weighted by atomic mass is 16.6. The van der Waals surface area contributed by atoms with E-state index in [0.717, 1.165) is 6.29 Å². The fourth-order valence-corrected chi connectivity index (χ4v) is 1.79. The Hall–Kier alpha value is -1.10. The zero-order valence-corrected chi connectivity index (χ0v) is 10.9. The van der Waals surface area contributed by atoms with Gasteiger partial charge >= 0.3 is 6.09 Å². The van der Waals surface area contributed by atoms with Gasteiger partial charge in [0, 0.05) is 12.5 Å². The van der Waals surface area contributed by atoms with Gasteiger partial charge in [-0.1, -0.05) is 6.92 Å². The lowest BCUT2D eigenvalue weighted by Crippen LogP contribution is -2.55. The molecule has 98 valence electrons. The molecule has 5 nitrogen and oxygen atoms in total. The molecule has 0 aromatic rings. The Labute approximate surface area is 102 Å². The molecule has 0 aliphatic carbocycles. The summed E-state index contributed by atoms with van der Waals surface area (Å²) in [5.41, 5.74) is -1.17. The van der Waals surface area contributed by atoms with E-state index in [1.807, 2.05) is 0 Å². The van der Waals surface area contributed by atoms with Crippen molar-refractivity contribution in [1.82, 2.24) is 5.32 Å². The predicted molar refractivity (Wildman–Crippen MR) is 62.8 cm³/mol. The first kappa shape index (κ1) is 14.0. The van der Waals surface area contributed by atoms with Crippen molar-refractivity contribution in [2.45, 2.75) is 45.3 Å². The summed E-state index contributed by atoms with van der Waals surface area (Å²) in [4.78, 5) is 22.7. The number of hydrogen-bond acceptors (Lipinski definition) is 4. The summed E-state index contributed by atoms with van der Waals surface area (Å²) in [7, 11) is 0. The van der Waals surface area contributed by atoms with Gasteiger partial charge in [0.1, 0.15) is 11.9 Å². The number of amides is 1. The molecule has 0 aromatic heterocycles. The second-order valence-corrected chi connectivity index (χ2v) is 5.51. The molecule has 1 N–H and O–H groups in total. The molecular weight excluding hydrogens is 222 g/mol. The number of ether oxygens (including phenoxy) is 2. The third kappa shape index (κ3) is 3.70. The van der Waals surface area contributed by atoms with Crippen LogP contribution in [0.5, 0.6) is 0 Å². The molecule has 1 amide bonds. The average molecular weight is 243 g/mol. The summed E-state index contributed by atoms with van der Waals surface area (Å²) >= 11 is 0. The van der Waals surface area contributed by atoms with Crippen LogP contribution in [0.1, 0.15) is 34.1 Å². The molecule has 0 saturated carbocycles. The summed E-state index contributed by atoms with van der Waals surface area (Å²) in [5, 5.41) is 2.78. The van der Waals surface area contributed by atoms with E-state index in [0.29, 0.717) is 19.6 Å². The van der Waals surface area contributed by atoms with Crippen LogP contribution in [0.15, 0.2) is 0 Å². The van der Waals surface area contributed by atoms with Gasteiger partial charge in [0.15, 0.2) is 0 Å². The first-order valence-corrected chi connectivity index (χ1v) is 5.83. The van der Waals surface area contributed by atoms with Gasteiger partial charge in [0.05, 0.1) is 12.1 Å². The van der Waals surface area contributed by atoms with Gasteiger partial charge in [0.25, 0.3) is 0 Å². The molecule has 1 aliphatic heterocycles. The highest BCUT2D eigenvalue weighted by Gasteiger charge is 2.42. The van der Waals surface area contributed by atoms with Crippen LogP contribution in [-0.2, 0) is 14.3 Å². The lowest BCUT2D eigenvalue weighted by Gasteiger charge is -2.33. The Morgan fingerprint density at radius 1 is 1.53 bits per heavy atom. The van der Waals surface area contributed by atoms with E-state index in [9.17, 15) is 9.59 Å². The summed E-state index contributed by atoms with van der Waals surface area (Å²) in [6.07, 6.45) is 0.967. The Morgan fingerprint density at radius 2 is 2.18 bits per heavy atom. The van der Waals surface area contributed by atoms with E-state index < -0.39 is 17.2 Å². The zero-order chi connectivity index (χ0) is 13.1. The number of carbonyl (C=O) groups excluding carboxylic acids is 2. The van der Waals surface area contributed by atoms with E-state index >= 15 is 0 Å². The monoisotopic (exact) mass is 243 g/mol. The minimum atomic E-state index is -0.621. The van der Waals surface area contributed by atoms with Gasteiger partial charge in [0.2, 0.25) is 0 Å². The first-order chi connectivity index (χ1) is 7.79. The standard InChI is InChI=1S/C12H21NO4/c1-9(7-14)12(5-6-16-8-12)13-10(15)17-11(2,3)4/h7,9H,5-6,8H2,1-4H3,(H,13,15). The van der Waals surface area contributed by atoms with Crippen LogP contribution in [0.2, 0.25) is 0 Å². The largest absolute Gasteiger partial charge is 0.444 e. The van der Waals surface area contributed by atoms with Gasteiger partial charge < -0.3 is 19.6 Å². The lowest BCUT2D eigenvalue weighted by atomic mass is 9.85. The Morgan fingerprint density at radius 3 is 2.59 bits per heavy atom. The third-order valence-electron chi connectivity index (χ3n) is 2.88. The Balaban J connectivity index is 2.68. The van der Waals surface area contributed by atoms with E-state index in [1.54, 1.807) is 27.7 Å². The molecule has 2 atom stereocenters. The van der Waals surface area contributed by atoms with Gasteiger partial charge in [-0.15, -0.1) is 0 Å². The van der Waals surface area contributed by atoms with E-state index in [2.05, 4.69) is 5.32 Å². The summed E-state index contributed by atoms with van der Waals surface area (Å²) in [6, 6.07) is 0. The second kappa shape index (κ2) is 5.04. The molecule has 1 aliphatic rings. The van der Waals surface area contributed by atoms with Crippen LogP contribution >= 0.6 is 0 Å². The number of hydrogen-bond donors (Lipinski definition) is 1. The normalized spacial score (nSPS) is 26.4. The maximum Gasteiger partial charge on any atom is 0.408 e. The summed E-state index contributed by atoms with van der Waals surface area (Å²) < 4.78 is 10.5. The molecule has 1 rings (SSSR count). The van der Waals surface area contributed by atoms with Gasteiger partial charge in [-0.25, -0.2) is 4.79 Å². The number of carbonyl (C=O) groups is 2. The quantitative estimate of drug-likeness (QED) is 0.763. The van der Waals surface area contributed by atoms with Crippen molar-refractivity contribution in [1.29, 1.82) is 0 Å². The van der Waals surface area contributed by atoms with Crippen LogP contribution in [-0.4, -0.2) is 36.7 Å². The Bertz CT molecular complexity index is 289. The van der Waals surface area contributed by atoms with Crippen LogP contribution in [0.4, 0.5) is 4.79 Å². The number of aldehydes is 1. The minimum Gasteiger partial charge on any atom is -0.444 e. The fourth-order valence-electron chi connectivity index (χ4n) is 1.79. The number of alkyl carbamates (subject to hydrolysis) is 1. The minimum absolute atomic E-state index is 0.294. The van der Waals surface area contributed by atoms with E-state index in [4.69, 9.17) is 9.47 Å². The van der Waals surface area contributed by atoms with Gasteiger partial charge in [-0.3, -0.25) is 0 Å². The molecular formula is C12H21NO4. The highest BCUT2D eigenvalue weighted by Crippen LogP contribution is 2.26. The number of nitrogens with one attached hydrogen (secondary N) is 1. The fraction of sp³-hybridized carbons (Fsp3) is 0.833. The van der Waals surface area contributed by atoms with Gasteiger partial charge in [-0.2, -0.15) is 0 Å². The van der Waals surface area contributed by atoms with Crippen LogP contribution < -0.4 is 5.32 Å².